The number of rotatable bonds is 2. The first-order chi connectivity index (χ1) is 9.29. The van der Waals surface area contributed by atoms with Crippen LogP contribution in [-0.2, 0) is 12.7 Å². The standard InChI is InChI=1S/C13H10F4N2O/c14-9-6-8(4-5-10(9)18)7-19-11(13(15,16)17)2-1-3-12(19)20/h1-6H,7,18H2. The first-order valence-electron chi connectivity index (χ1n) is 5.60. The molecule has 0 aliphatic heterocycles. The van der Waals surface area contributed by atoms with E-state index in [9.17, 15) is 22.4 Å². The number of halogens is 4. The summed E-state index contributed by atoms with van der Waals surface area (Å²) in [5, 5.41) is 0. The molecular weight excluding hydrogens is 276 g/mol. The number of hydrogen-bond donors (Lipinski definition) is 1. The van der Waals surface area contributed by atoms with Crippen LogP contribution in [-0.4, -0.2) is 4.57 Å². The van der Waals surface area contributed by atoms with Gasteiger partial charge in [-0.15, -0.1) is 0 Å². The van der Waals surface area contributed by atoms with Crippen LogP contribution in [0, 0.1) is 5.82 Å². The van der Waals surface area contributed by atoms with Gasteiger partial charge in [0, 0.05) is 6.07 Å². The fourth-order valence-electron chi connectivity index (χ4n) is 1.78. The lowest BCUT2D eigenvalue weighted by molar-refractivity contribution is -0.144. The van der Waals surface area contributed by atoms with Gasteiger partial charge in [-0.3, -0.25) is 9.36 Å². The molecule has 0 saturated heterocycles. The van der Waals surface area contributed by atoms with Crippen LogP contribution < -0.4 is 11.3 Å². The second-order valence-corrected chi connectivity index (χ2v) is 4.19. The summed E-state index contributed by atoms with van der Waals surface area (Å²) >= 11 is 0. The Balaban J connectivity index is 2.48. The van der Waals surface area contributed by atoms with Gasteiger partial charge in [0.25, 0.3) is 5.56 Å². The molecule has 0 aliphatic rings. The van der Waals surface area contributed by atoms with Crippen molar-refractivity contribution in [1.29, 1.82) is 0 Å². The quantitative estimate of drug-likeness (QED) is 0.681. The molecular formula is C13H10F4N2O. The number of hydrogen-bond acceptors (Lipinski definition) is 2. The van der Waals surface area contributed by atoms with Gasteiger partial charge < -0.3 is 5.73 Å². The minimum atomic E-state index is -4.66. The van der Waals surface area contributed by atoms with Gasteiger partial charge in [0.15, 0.2) is 0 Å². The lowest BCUT2D eigenvalue weighted by Gasteiger charge is -2.15. The summed E-state index contributed by atoms with van der Waals surface area (Å²) in [5.41, 5.74) is 3.51. The summed E-state index contributed by atoms with van der Waals surface area (Å²) in [6, 6.07) is 6.47. The molecule has 0 fully saturated rings. The maximum Gasteiger partial charge on any atom is 0.431 e. The fraction of sp³-hybridized carbons (Fsp3) is 0.154. The number of nitrogen functional groups attached to an aromatic ring is 1. The normalized spacial score (nSPS) is 11.6. The molecule has 7 heteroatoms. The van der Waals surface area contributed by atoms with E-state index in [-0.39, 0.29) is 17.8 Å². The average molecular weight is 286 g/mol. The zero-order valence-electron chi connectivity index (χ0n) is 10.1. The monoisotopic (exact) mass is 286 g/mol. The highest BCUT2D eigenvalue weighted by Crippen LogP contribution is 2.28. The fourth-order valence-corrected chi connectivity index (χ4v) is 1.78. The molecule has 0 spiro atoms. The predicted molar refractivity (Wildman–Crippen MR) is 65.6 cm³/mol. The van der Waals surface area contributed by atoms with Gasteiger partial charge in [-0.25, -0.2) is 4.39 Å². The van der Waals surface area contributed by atoms with Crippen LogP contribution in [0.3, 0.4) is 0 Å². The summed E-state index contributed by atoms with van der Waals surface area (Å²) in [7, 11) is 0. The van der Waals surface area contributed by atoms with E-state index < -0.39 is 23.2 Å². The minimum absolute atomic E-state index is 0.106. The number of nitrogens with zero attached hydrogens (tertiary/aromatic N) is 1. The second kappa shape index (κ2) is 4.99. The number of nitrogens with two attached hydrogens (primary N) is 1. The molecule has 1 aromatic carbocycles. The van der Waals surface area contributed by atoms with Crippen LogP contribution in [0.25, 0.3) is 0 Å². The van der Waals surface area contributed by atoms with Crippen molar-refractivity contribution in [3.63, 3.8) is 0 Å². The van der Waals surface area contributed by atoms with Gasteiger partial charge in [-0.1, -0.05) is 12.1 Å². The summed E-state index contributed by atoms with van der Waals surface area (Å²) in [5.74, 6) is -0.736. The molecule has 0 saturated carbocycles. The van der Waals surface area contributed by atoms with Crippen LogP contribution >= 0.6 is 0 Å². The Labute approximate surface area is 111 Å². The molecule has 0 bridgehead atoms. The molecule has 1 heterocycles. The van der Waals surface area contributed by atoms with Crippen molar-refractivity contribution in [2.24, 2.45) is 0 Å². The van der Waals surface area contributed by atoms with Crippen LogP contribution in [0.1, 0.15) is 11.3 Å². The van der Waals surface area contributed by atoms with Crippen molar-refractivity contribution in [3.8, 4) is 0 Å². The van der Waals surface area contributed by atoms with Crippen LogP contribution in [0.2, 0.25) is 0 Å². The third-order valence-corrected chi connectivity index (χ3v) is 2.75. The van der Waals surface area contributed by atoms with Gasteiger partial charge in [-0.2, -0.15) is 13.2 Å². The van der Waals surface area contributed by atoms with E-state index in [0.717, 1.165) is 24.3 Å². The van der Waals surface area contributed by atoms with Crippen LogP contribution in [0.4, 0.5) is 23.2 Å². The Hall–Kier alpha value is -2.31. The van der Waals surface area contributed by atoms with Gasteiger partial charge in [0.1, 0.15) is 11.5 Å². The summed E-state index contributed by atoms with van der Waals surface area (Å²) in [6.45, 7) is -0.383. The Kier molecular flexibility index (Phi) is 3.52. The van der Waals surface area contributed by atoms with Crippen molar-refractivity contribution < 1.29 is 17.6 Å². The average Bonchev–Trinajstić information content (AvgIpc) is 2.35. The molecule has 1 aromatic heterocycles. The van der Waals surface area contributed by atoms with Gasteiger partial charge in [-0.05, 0) is 23.8 Å². The molecule has 0 amide bonds. The third kappa shape index (κ3) is 2.81. The van der Waals surface area contributed by atoms with E-state index in [1.165, 1.54) is 12.1 Å². The zero-order chi connectivity index (χ0) is 14.9. The molecule has 0 aliphatic carbocycles. The Morgan fingerprint density at radius 1 is 1.15 bits per heavy atom. The van der Waals surface area contributed by atoms with E-state index in [0.29, 0.717) is 4.57 Å². The highest BCUT2D eigenvalue weighted by molar-refractivity contribution is 5.41. The predicted octanol–water partition coefficient (Wildman–Crippen LogP) is 2.64. The summed E-state index contributed by atoms with van der Waals surface area (Å²) in [4.78, 5) is 11.6. The van der Waals surface area contributed by atoms with E-state index in [1.807, 2.05) is 0 Å². The molecule has 0 unspecified atom stereocenters. The highest BCUT2D eigenvalue weighted by Gasteiger charge is 2.34. The van der Waals surface area contributed by atoms with Gasteiger partial charge >= 0.3 is 6.18 Å². The molecule has 2 N–H and O–H groups in total. The number of benzene rings is 1. The number of aromatic nitrogens is 1. The molecule has 106 valence electrons. The van der Waals surface area contributed by atoms with E-state index >= 15 is 0 Å². The van der Waals surface area contributed by atoms with Gasteiger partial charge in [0.2, 0.25) is 0 Å². The molecule has 0 radical (unpaired) electrons. The van der Waals surface area contributed by atoms with Gasteiger partial charge in [0.05, 0.1) is 12.2 Å². The zero-order valence-corrected chi connectivity index (χ0v) is 10.1. The van der Waals surface area contributed by atoms with Crippen LogP contribution in [0.5, 0.6) is 0 Å². The maximum atomic E-state index is 13.3. The second-order valence-electron chi connectivity index (χ2n) is 4.19. The molecule has 2 rings (SSSR count). The lowest BCUT2D eigenvalue weighted by Crippen LogP contribution is -2.27. The number of pyridine rings is 1. The maximum absolute atomic E-state index is 13.3. The van der Waals surface area contributed by atoms with E-state index in [2.05, 4.69) is 0 Å². The number of alkyl halides is 3. The summed E-state index contributed by atoms with van der Waals surface area (Å²) < 4.78 is 52.3. The smallest absolute Gasteiger partial charge is 0.396 e. The first-order valence-corrected chi connectivity index (χ1v) is 5.60. The minimum Gasteiger partial charge on any atom is -0.396 e. The molecule has 3 nitrogen and oxygen atoms in total. The first kappa shape index (κ1) is 14.1. The van der Waals surface area contributed by atoms with Crippen molar-refractivity contribution in [1.82, 2.24) is 4.57 Å². The third-order valence-electron chi connectivity index (χ3n) is 2.75. The lowest BCUT2D eigenvalue weighted by atomic mass is 10.2. The van der Waals surface area contributed by atoms with E-state index in [4.69, 9.17) is 5.73 Å². The van der Waals surface area contributed by atoms with Crippen molar-refractivity contribution in [2.45, 2.75) is 12.7 Å². The SMILES string of the molecule is Nc1ccc(Cn2c(C(F)(F)F)cccc2=O)cc1F. The molecule has 0 atom stereocenters. The number of anilines is 1. The Morgan fingerprint density at radius 3 is 2.45 bits per heavy atom. The van der Waals surface area contributed by atoms with E-state index in [1.54, 1.807) is 0 Å². The summed E-state index contributed by atoms with van der Waals surface area (Å²) in [6.07, 6.45) is -4.66. The van der Waals surface area contributed by atoms with Crippen molar-refractivity contribution >= 4 is 5.69 Å². The largest absolute Gasteiger partial charge is 0.431 e. The van der Waals surface area contributed by atoms with Crippen molar-refractivity contribution in [2.75, 3.05) is 5.73 Å². The molecule has 2 aromatic rings. The molecule has 20 heavy (non-hydrogen) atoms. The topological polar surface area (TPSA) is 48.0 Å². The Bertz CT molecular complexity index is 692. The highest BCUT2D eigenvalue weighted by atomic mass is 19.4. The Morgan fingerprint density at radius 2 is 1.85 bits per heavy atom. The van der Waals surface area contributed by atoms with Crippen molar-refractivity contribution in [3.05, 3.63) is 63.8 Å². The van der Waals surface area contributed by atoms with Crippen LogP contribution in [0.15, 0.2) is 41.2 Å².